The molecule has 0 radical (unpaired) electrons. The Bertz CT molecular complexity index is 3180. The van der Waals surface area contributed by atoms with Gasteiger partial charge in [-0.2, -0.15) is 0 Å². The summed E-state index contributed by atoms with van der Waals surface area (Å²) in [5.41, 5.74) is 8.76. The van der Waals surface area contributed by atoms with Crippen LogP contribution in [0.15, 0.2) is 194 Å². The van der Waals surface area contributed by atoms with Gasteiger partial charge in [0, 0.05) is 33.2 Å². The quantitative estimate of drug-likeness (QED) is 0.168. The van der Waals surface area contributed by atoms with Gasteiger partial charge >= 0.3 is 0 Å². The Kier molecular flexibility index (Phi) is 7.14. The van der Waals surface area contributed by atoms with Crippen LogP contribution in [0.1, 0.15) is 0 Å². The SMILES string of the molecule is c1ccc(-c2nc(-c3ccccc3)nc(-c3ccc4c(c3)c3ccccc3c3cccc(-c5ccc6c7ccccc7n(-c7ccccc7)c6c5)c34)n2)cc1. The fourth-order valence-corrected chi connectivity index (χ4v) is 8.32. The lowest BCUT2D eigenvalue weighted by molar-refractivity contribution is 1.07. The zero-order valence-electron chi connectivity index (χ0n) is 29.8. The Hall–Kier alpha value is -7.43. The maximum atomic E-state index is 5.07. The number of benzene rings is 9. The highest BCUT2D eigenvalue weighted by molar-refractivity contribution is 6.29. The molecule has 2 aromatic heterocycles. The van der Waals surface area contributed by atoms with Gasteiger partial charge in [-0.25, -0.2) is 15.0 Å². The largest absolute Gasteiger partial charge is 0.309 e. The van der Waals surface area contributed by atoms with Crippen molar-refractivity contribution in [2.24, 2.45) is 0 Å². The van der Waals surface area contributed by atoms with Crippen molar-refractivity contribution in [2.45, 2.75) is 0 Å². The fraction of sp³-hybridized carbons (Fsp3) is 0. The summed E-state index contributed by atoms with van der Waals surface area (Å²) in [6.07, 6.45) is 0. The first-order valence-corrected chi connectivity index (χ1v) is 18.6. The summed E-state index contributed by atoms with van der Waals surface area (Å²) in [6.45, 7) is 0. The van der Waals surface area contributed by atoms with Crippen LogP contribution in [-0.2, 0) is 0 Å². The van der Waals surface area contributed by atoms with E-state index in [1.807, 2.05) is 60.7 Å². The zero-order chi connectivity index (χ0) is 36.3. The molecule has 4 nitrogen and oxygen atoms in total. The summed E-state index contributed by atoms with van der Waals surface area (Å²) < 4.78 is 2.39. The third-order valence-electron chi connectivity index (χ3n) is 10.8. The van der Waals surface area contributed by atoms with E-state index in [1.165, 1.54) is 59.9 Å². The van der Waals surface area contributed by atoms with Gasteiger partial charge in [-0.15, -0.1) is 0 Å². The molecule has 0 amide bonds. The van der Waals surface area contributed by atoms with Gasteiger partial charge in [0.2, 0.25) is 0 Å². The molecule has 9 aromatic carbocycles. The minimum absolute atomic E-state index is 0.645. The van der Waals surface area contributed by atoms with E-state index >= 15 is 0 Å². The molecule has 55 heavy (non-hydrogen) atoms. The average Bonchev–Trinajstić information content (AvgIpc) is 3.60. The van der Waals surface area contributed by atoms with E-state index < -0.39 is 0 Å². The topological polar surface area (TPSA) is 43.6 Å². The van der Waals surface area contributed by atoms with Crippen LogP contribution in [0.25, 0.3) is 105 Å². The standard InChI is InChI=1S/C51H32N4/c1-4-15-33(16-5-1)49-52-50(34-17-6-2-7-18-34)54-51(53-49)36-28-30-44-45(31-36)40-22-11-10-21-39(40)43-25-14-24-38(48(43)44)35-27-29-42-41-23-12-13-26-46(41)55(47(42)32-35)37-19-8-3-9-20-37/h1-32H. The maximum absolute atomic E-state index is 5.07. The third-order valence-corrected chi connectivity index (χ3v) is 10.8. The van der Waals surface area contributed by atoms with Crippen LogP contribution in [0.3, 0.4) is 0 Å². The molecule has 256 valence electrons. The summed E-state index contributed by atoms with van der Waals surface area (Å²) in [6, 6.07) is 68.8. The summed E-state index contributed by atoms with van der Waals surface area (Å²) in [7, 11) is 0. The van der Waals surface area contributed by atoms with Gasteiger partial charge in [0.25, 0.3) is 0 Å². The van der Waals surface area contributed by atoms with Gasteiger partial charge in [-0.05, 0) is 73.8 Å². The second-order valence-electron chi connectivity index (χ2n) is 14.0. The van der Waals surface area contributed by atoms with Crippen molar-refractivity contribution in [1.82, 2.24) is 19.5 Å². The van der Waals surface area contributed by atoms with Crippen molar-refractivity contribution in [3.05, 3.63) is 194 Å². The molecule has 0 aliphatic heterocycles. The van der Waals surface area contributed by atoms with Gasteiger partial charge < -0.3 is 4.57 Å². The highest BCUT2D eigenvalue weighted by Crippen LogP contribution is 2.43. The predicted octanol–water partition coefficient (Wildman–Crippen LogP) is 13.1. The molecule has 0 aliphatic rings. The first-order valence-electron chi connectivity index (χ1n) is 18.6. The number of nitrogens with zero attached hydrogens (tertiary/aromatic N) is 4. The van der Waals surface area contributed by atoms with Gasteiger partial charge in [0.15, 0.2) is 17.5 Å². The number of hydrogen-bond acceptors (Lipinski definition) is 3. The Morgan fingerprint density at radius 2 is 0.782 bits per heavy atom. The van der Waals surface area contributed by atoms with Crippen LogP contribution in [0.4, 0.5) is 0 Å². The molecule has 0 bridgehead atoms. The Morgan fingerprint density at radius 3 is 1.47 bits per heavy atom. The molecule has 0 saturated carbocycles. The number of hydrogen-bond donors (Lipinski definition) is 0. The van der Waals surface area contributed by atoms with E-state index in [4.69, 9.17) is 15.0 Å². The number of para-hydroxylation sites is 2. The fourth-order valence-electron chi connectivity index (χ4n) is 8.32. The second-order valence-corrected chi connectivity index (χ2v) is 14.0. The van der Waals surface area contributed by atoms with Crippen molar-refractivity contribution in [1.29, 1.82) is 0 Å². The highest BCUT2D eigenvalue weighted by atomic mass is 15.0. The molecule has 0 aliphatic carbocycles. The van der Waals surface area contributed by atoms with Crippen LogP contribution < -0.4 is 0 Å². The summed E-state index contributed by atoms with van der Waals surface area (Å²) in [5.74, 6) is 1.95. The van der Waals surface area contributed by atoms with Crippen molar-refractivity contribution in [3.63, 3.8) is 0 Å². The molecule has 0 fully saturated rings. The Balaban J connectivity index is 1.16. The molecule has 11 aromatic rings. The van der Waals surface area contributed by atoms with Gasteiger partial charge in [-0.1, -0.05) is 164 Å². The zero-order valence-corrected chi connectivity index (χ0v) is 29.8. The molecular weight excluding hydrogens is 669 g/mol. The van der Waals surface area contributed by atoms with Gasteiger partial charge in [0.05, 0.1) is 11.0 Å². The van der Waals surface area contributed by atoms with E-state index in [1.54, 1.807) is 0 Å². The maximum Gasteiger partial charge on any atom is 0.164 e. The lowest BCUT2D eigenvalue weighted by atomic mass is 9.88. The van der Waals surface area contributed by atoms with E-state index in [-0.39, 0.29) is 0 Å². The second kappa shape index (κ2) is 12.6. The Morgan fingerprint density at radius 1 is 0.291 bits per heavy atom. The van der Waals surface area contributed by atoms with Crippen LogP contribution >= 0.6 is 0 Å². The minimum Gasteiger partial charge on any atom is -0.309 e. The highest BCUT2D eigenvalue weighted by Gasteiger charge is 2.18. The first kappa shape index (κ1) is 31.1. The molecule has 0 unspecified atom stereocenters. The van der Waals surface area contributed by atoms with Crippen molar-refractivity contribution >= 4 is 54.1 Å². The van der Waals surface area contributed by atoms with Crippen LogP contribution in [-0.4, -0.2) is 19.5 Å². The van der Waals surface area contributed by atoms with Gasteiger partial charge in [-0.3, -0.25) is 0 Å². The summed E-state index contributed by atoms with van der Waals surface area (Å²) in [4.78, 5) is 15.1. The van der Waals surface area contributed by atoms with Crippen LogP contribution in [0.2, 0.25) is 0 Å². The van der Waals surface area contributed by atoms with E-state index in [9.17, 15) is 0 Å². The van der Waals surface area contributed by atoms with Crippen molar-refractivity contribution < 1.29 is 0 Å². The molecule has 0 spiro atoms. The Labute approximate surface area is 317 Å². The van der Waals surface area contributed by atoms with Gasteiger partial charge in [0.1, 0.15) is 0 Å². The molecule has 2 heterocycles. The number of aromatic nitrogens is 4. The molecule has 11 rings (SSSR count). The first-order chi connectivity index (χ1) is 27.3. The predicted molar refractivity (Wildman–Crippen MR) is 228 cm³/mol. The molecular formula is C51H32N4. The van der Waals surface area contributed by atoms with Crippen molar-refractivity contribution in [2.75, 3.05) is 0 Å². The smallest absolute Gasteiger partial charge is 0.164 e. The normalized spacial score (nSPS) is 11.6. The minimum atomic E-state index is 0.645. The van der Waals surface area contributed by atoms with E-state index in [0.717, 1.165) is 27.8 Å². The third kappa shape index (κ3) is 5.11. The van der Waals surface area contributed by atoms with E-state index in [0.29, 0.717) is 17.5 Å². The molecule has 0 N–H and O–H groups in total. The monoisotopic (exact) mass is 700 g/mol. The van der Waals surface area contributed by atoms with Crippen LogP contribution in [0, 0.1) is 0 Å². The molecule has 0 saturated heterocycles. The summed E-state index contributed by atoms with van der Waals surface area (Å²) in [5, 5.41) is 9.72. The number of rotatable bonds is 5. The number of fused-ring (bicyclic) bond motifs is 9. The lowest BCUT2D eigenvalue weighted by Gasteiger charge is -2.16. The van der Waals surface area contributed by atoms with E-state index in [2.05, 4.69) is 138 Å². The van der Waals surface area contributed by atoms with Crippen molar-refractivity contribution in [3.8, 4) is 51.0 Å². The average molecular weight is 701 g/mol. The lowest BCUT2D eigenvalue weighted by Crippen LogP contribution is -2.00. The van der Waals surface area contributed by atoms with Crippen LogP contribution in [0.5, 0.6) is 0 Å². The summed E-state index contributed by atoms with van der Waals surface area (Å²) >= 11 is 0. The molecule has 4 heteroatoms. The molecule has 0 atom stereocenters.